The number of nitrogens with zero attached hydrogens (tertiary/aromatic N) is 4. The van der Waals surface area contributed by atoms with E-state index in [4.69, 9.17) is 20.8 Å². The van der Waals surface area contributed by atoms with Gasteiger partial charge in [-0.25, -0.2) is 8.78 Å². The molecule has 0 spiro atoms. The molecule has 3 rings (SSSR count). The summed E-state index contributed by atoms with van der Waals surface area (Å²) in [5, 5.41) is 12.1. The second-order valence-corrected chi connectivity index (χ2v) is 6.85. The Bertz CT molecular complexity index is 929. The van der Waals surface area contributed by atoms with E-state index in [-0.39, 0.29) is 6.61 Å². The van der Waals surface area contributed by atoms with Crippen molar-refractivity contribution in [2.45, 2.75) is 25.1 Å². The summed E-state index contributed by atoms with van der Waals surface area (Å²) in [6.07, 6.45) is -1.45. The average molecular weight is 413 g/mol. The van der Waals surface area contributed by atoms with Gasteiger partial charge in [-0.3, -0.25) is 0 Å². The maximum absolute atomic E-state index is 13.0. The summed E-state index contributed by atoms with van der Waals surface area (Å²) in [5.41, 5.74) is 0. The fraction of sp³-hybridized carbons (Fsp3) is 0.235. The zero-order valence-electron chi connectivity index (χ0n) is 14.2. The van der Waals surface area contributed by atoms with Gasteiger partial charge in [0.1, 0.15) is 23.9 Å². The molecule has 2 aromatic heterocycles. The first-order valence-corrected chi connectivity index (χ1v) is 9.31. The fourth-order valence-corrected chi connectivity index (χ4v) is 2.91. The second-order valence-electron chi connectivity index (χ2n) is 5.18. The Hall–Kier alpha value is -2.39. The van der Waals surface area contributed by atoms with Crippen LogP contribution in [0.25, 0.3) is 0 Å². The lowest BCUT2D eigenvalue weighted by Gasteiger charge is -2.04. The molecule has 6 nitrogen and oxygen atoms in total. The fourth-order valence-electron chi connectivity index (χ4n) is 2.11. The highest BCUT2D eigenvalue weighted by molar-refractivity contribution is 7.99. The number of aromatic nitrogens is 3. The molecule has 0 fully saturated rings. The van der Waals surface area contributed by atoms with Gasteiger partial charge in [0.05, 0.1) is 6.21 Å². The molecule has 0 amide bonds. The number of halogens is 3. The number of thioether (sulfide) groups is 1. The zero-order valence-corrected chi connectivity index (χ0v) is 15.8. The monoisotopic (exact) mass is 412 g/mol. The lowest BCUT2D eigenvalue weighted by Crippen LogP contribution is -2.00. The lowest BCUT2D eigenvalue weighted by atomic mass is 10.3. The molecule has 0 saturated heterocycles. The van der Waals surface area contributed by atoms with E-state index in [1.165, 1.54) is 18.0 Å². The van der Waals surface area contributed by atoms with Gasteiger partial charge in [-0.05, 0) is 36.1 Å². The maximum Gasteiger partial charge on any atom is 0.299 e. The molecule has 0 atom stereocenters. The van der Waals surface area contributed by atoms with Gasteiger partial charge in [0, 0.05) is 5.02 Å². The number of hydrogen-bond acceptors (Lipinski definition) is 6. The predicted octanol–water partition coefficient (Wildman–Crippen LogP) is 5.04. The van der Waals surface area contributed by atoms with Crippen LogP contribution >= 0.6 is 23.4 Å². The minimum absolute atomic E-state index is 0.194. The van der Waals surface area contributed by atoms with E-state index in [1.807, 2.05) is 6.92 Å². The van der Waals surface area contributed by atoms with Gasteiger partial charge < -0.3 is 9.15 Å². The van der Waals surface area contributed by atoms with Gasteiger partial charge in [-0.15, -0.1) is 10.2 Å². The van der Waals surface area contributed by atoms with Crippen LogP contribution in [0.3, 0.4) is 0 Å². The third-order valence-corrected chi connectivity index (χ3v) is 4.30. The van der Waals surface area contributed by atoms with E-state index in [1.54, 1.807) is 36.4 Å². The molecule has 3 aromatic rings. The van der Waals surface area contributed by atoms with E-state index < -0.39 is 12.2 Å². The summed E-state index contributed by atoms with van der Waals surface area (Å²) in [5.74, 6) is 1.70. The third kappa shape index (κ3) is 5.08. The van der Waals surface area contributed by atoms with Gasteiger partial charge in [-0.2, -0.15) is 9.78 Å². The Kier molecular flexibility index (Phi) is 6.46. The van der Waals surface area contributed by atoms with Crippen LogP contribution in [0.4, 0.5) is 8.78 Å². The Labute approximate surface area is 163 Å². The number of furan rings is 1. The smallest absolute Gasteiger partial charge is 0.299 e. The molecule has 27 heavy (non-hydrogen) atoms. The number of ether oxygens (including phenoxy) is 1. The summed E-state index contributed by atoms with van der Waals surface area (Å²) in [6, 6.07) is 10.4. The standard InChI is InChI=1S/C17H15ClF2N4O2S/c1-2-27-17-23-22-16(15(19)20)24(17)21-9-13-6-7-14(26-13)10-25-12-5-3-4-11(18)8-12/h3-9,15H,2,10H2,1H3/b21-9-. The van der Waals surface area contributed by atoms with Crippen LogP contribution in [0.2, 0.25) is 5.02 Å². The molecule has 0 unspecified atom stereocenters. The Morgan fingerprint density at radius 1 is 1.33 bits per heavy atom. The minimum Gasteiger partial charge on any atom is -0.486 e. The zero-order chi connectivity index (χ0) is 19.2. The molecule has 1 aromatic carbocycles. The van der Waals surface area contributed by atoms with Crippen LogP contribution in [0.1, 0.15) is 30.7 Å². The lowest BCUT2D eigenvalue weighted by molar-refractivity contribution is 0.135. The van der Waals surface area contributed by atoms with Crippen molar-refractivity contribution >= 4 is 29.6 Å². The first kappa shape index (κ1) is 19.4. The van der Waals surface area contributed by atoms with Crippen LogP contribution in [-0.4, -0.2) is 26.8 Å². The van der Waals surface area contributed by atoms with Crippen molar-refractivity contribution in [1.29, 1.82) is 0 Å². The van der Waals surface area contributed by atoms with E-state index in [9.17, 15) is 8.78 Å². The van der Waals surface area contributed by atoms with Crippen molar-refractivity contribution in [1.82, 2.24) is 14.9 Å². The molecule has 0 aliphatic heterocycles. The second kappa shape index (κ2) is 9.01. The minimum atomic E-state index is -2.78. The molecule has 0 saturated carbocycles. The molecular formula is C17H15ClF2N4O2S. The van der Waals surface area contributed by atoms with Gasteiger partial charge in [0.25, 0.3) is 6.43 Å². The highest BCUT2D eigenvalue weighted by Gasteiger charge is 2.19. The molecule has 0 aliphatic rings. The third-order valence-electron chi connectivity index (χ3n) is 3.26. The van der Waals surface area contributed by atoms with Crippen molar-refractivity contribution in [3.63, 3.8) is 0 Å². The SMILES string of the molecule is CCSc1nnc(C(F)F)n1/N=C\c1ccc(COc2cccc(Cl)c2)o1. The van der Waals surface area contributed by atoms with E-state index in [0.717, 1.165) is 4.68 Å². The van der Waals surface area contributed by atoms with Crippen LogP contribution in [-0.2, 0) is 6.61 Å². The van der Waals surface area contributed by atoms with Gasteiger partial charge in [-0.1, -0.05) is 36.4 Å². The van der Waals surface area contributed by atoms with Gasteiger partial charge in [0.2, 0.25) is 11.0 Å². The first-order chi connectivity index (χ1) is 13.1. The molecule has 2 heterocycles. The van der Waals surface area contributed by atoms with Crippen LogP contribution in [0, 0.1) is 0 Å². The normalized spacial score (nSPS) is 11.6. The van der Waals surface area contributed by atoms with Crippen LogP contribution in [0.15, 0.2) is 51.1 Å². The highest BCUT2D eigenvalue weighted by Crippen LogP contribution is 2.23. The summed E-state index contributed by atoms with van der Waals surface area (Å²) < 4.78 is 38.3. The van der Waals surface area contributed by atoms with Crippen LogP contribution < -0.4 is 4.74 Å². The average Bonchev–Trinajstić information content (AvgIpc) is 3.25. The number of alkyl halides is 2. The predicted molar refractivity (Wildman–Crippen MR) is 98.9 cm³/mol. The number of rotatable bonds is 8. The van der Waals surface area contributed by atoms with Crippen molar-refractivity contribution in [3.8, 4) is 5.75 Å². The Morgan fingerprint density at radius 2 is 2.19 bits per heavy atom. The summed E-state index contributed by atoms with van der Waals surface area (Å²) in [4.78, 5) is 0. The number of hydrogen-bond donors (Lipinski definition) is 0. The first-order valence-electron chi connectivity index (χ1n) is 7.94. The molecule has 10 heteroatoms. The Morgan fingerprint density at radius 3 is 2.93 bits per heavy atom. The molecule has 0 radical (unpaired) electrons. The van der Waals surface area contributed by atoms with Crippen molar-refractivity contribution < 1.29 is 17.9 Å². The van der Waals surface area contributed by atoms with Gasteiger partial charge >= 0.3 is 0 Å². The summed E-state index contributed by atoms with van der Waals surface area (Å²) in [6.45, 7) is 2.08. The van der Waals surface area contributed by atoms with Crippen molar-refractivity contribution in [3.05, 3.63) is 58.8 Å². The maximum atomic E-state index is 13.0. The van der Waals surface area contributed by atoms with E-state index in [0.29, 0.717) is 33.2 Å². The molecule has 142 valence electrons. The molecule has 0 N–H and O–H groups in total. The molecular weight excluding hydrogens is 398 g/mol. The summed E-state index contributed by atoms with van der Waals surface area (Å²) >= 11 is 7.17. The Balaban J connectivity index is 1.69. The summed E-state index contributed by atoms with van der Waals surface area (Å²) in [7, 11) is 0. The van der Waals surface area contributed by atoms with Crippen molar-refractivity contribution in [2.24, 2.45) is 5.10 Å². The molecule has 0 bridgehead atoms. The van der Waals surface area contributed by atoms with Crippen molar-refractivity contribution in [2.75, 3.05) is 5.75 Å². The van der Waals surface area contributed by atoms with Crippen LogP contribution in [0.5, 0.6) is 5.75 Å². The highest BCUT2D eigenvalue weighted by atomic mass is 35.5. The number of benzene rings is 1. The van der Waals surface area contributed by atoms with E-state index >= 15 is 0 Å². The molecule has 0 aliphatic carbocycles. The van der Waals surface area contributed by atoms with Gasteiger partial charge in [0.15, 0.2) is 0 Å². The quantitative estimate of drug-likeness (QED) is 0.383. The topological polar surface area (TPSA) is 65.4 Å². The van der Waals surface area contributed by atoms with E-state index in [2.05, 4.69) is 15.3 Å². The largest absolute Gasteiger partial charge is 0.486 e.